The SMILES string of the molecule is C#Cc1cc(-c2ncnc(N)c2-c2ccc(Oc3nccc(C)n3)c(F)c2)ccn1. The third-order valence-electron chi connectivity index (χ3n) is 4.25. The Morgan fingerprint density at radius 2 is 1.83 bits per heavy atom. The van der Waals surface area contributed by atoms with Crippen molar-refractivity contribution in [1.82, 2.24) is 24.9 Å². The highest BCUT2D eigenvalue weighted by atomic mass is 19.1. The monoisotopic (exact) mass is 398 g/mol. The molecule has 4 aromatic rings. The van der Waals surface area contributed by atoms with Crippen LogP contribution in [-0.4, -0.2) is 24.9 Å². The van der Waals surface area contributed by atoms with Crippen LogP contribution in [-0.2, 0) is 0 Å². The van der Waals surface area contributed by atoms with Crippen molar-refractivity contribution in [2.75, 3.05) is 5.73 Å². The number of aromatic nitrogens is 5. The number of aryl methyl sites for hydroxylation is 1. The van der Waals surface area contributed by atoms with Gasteiger partial charge in [-0.05, 0) is 42.8 Å². The molecular formula is C22H15FN6O. The van der Waals surface area contributed by atoms with Gasteiger partial charge in [-0.25, -0.2) is 29.3 Å². The number of hydrogen-bond acceptors (Lipinski definition) is 7. The molecule has 0 saturated carbocycles. The Kier molecular flexibility index (Phi) is 5.01. The van der Waals surface area contributed by atoms with Crippen LogP contribution in [0.4, 0.5) is 10.2 Å². The van der Waals surface area contributed by atoms with Crippen LogP contribution in [0, 0.1) is 25.1 Å². The number of hydrogen-bond donors (Lipinski definition) is 1. The maximum Gasteiger partial charge on any atom is 0.322 e. The van der Waals surface area contributed by atoms with Crippen LogP contribution in [0.25, 0.3) is 22.4 Å². The second kappa shape index (κ2) is 7.93. The van der Waals surface area contributed by atoms with Gasteiger partial charge in [-0.15, -0.1) is 6.42 Å². The van der Waals surface area contributed by atoms with Gasteiger partial charge in [0.05, 0.1) is 11.3 Å². The summed E-state index contributed by atoms with van der Waals surface area (Å²) in [6.07, 6.45) is 9.90. The summed E-state index contributed by atoms with van der Waals surface area (Å²) in [5.74, 6) is 2.06. The first-order chi connectivity index (χ1) is 14.5. The molecule has 0 amide bonds. The van der Waals surface area contributed by atoms with Crippen molar-refractivity contribution in [3.8, 4) is 46.5 Å². The second-order valence-electron chi connectivity index (χ2n) is 6.28. The molecule has 30 heavy (non-hydrogen) atoms. The standard InChI is InChI=1S/C22H15FN6O/c1-3-16-10-15(7-9-25-16)20-19(21(24)28-12-27-20)14-4-5-18(17(23)11-14)30-22-26-8-6-13(2)29-22/h1,4-12H,2H3,(H2,24,27,28). The Morgan fingerprint density at radius 3 is 2.60 bits per heavy atom. The van der Waals surface area contributed by atoms with Crippen molar-refractivity contribution in [2.24, 2.45) is 0 Å². The number of rotatable bonds is 4. The van der Waals surface area contributed by atoms with Crippen LogP contribution in [0.1, 0.15) is 11.4 Å². The molecular weight excluding hydrogens is 383 g/mol. The summed E-state index contributed by atoms with van der Waals surface area (Å²) < 4.78 is 20.3. The molecule has 0 unspecified atom stereocenters. The molecule has 4 rings (SSSR count). The Hall–Kier alpha value is -4.38. The van der Waals surface area contributed by atoms with E-state index in [9.17, 15) is 4.39 Å². The van der Waals surface area contributed by atoms with E-state index in [0.29, 0.717) is 33.8 Å². The number of anilines is 1. The zero-order valence-corrected chi connectivity index (χ0v) is 15.9. The molecule has 2 N–H and O–H groups in total. The lowest BCUT2D eigenvalue weighted by molar-refractivity contribution is 0.410. The normalized spacial score (nSPS) is 10.4. The first-order valence-corrected chi connectivity index (χ1v) is 8.86. The van der Waals surface area contributed by atoms with Crippen molar-refractivity contribution in [1.29, 1.82) is 0 Å². The molecule has 146 valence electrons. The number of benzene rings is 1. The smallest absolute Gasteiger partial charge is 0.322 e. The van der Waals surface area contributed by atoms with Crippen molar-refractivity contribution >= 4 is 5.82 Å². The average Bonchev–Trinajstić information content (AvgIpc) is 2.75. The fourth-order valence-corrected chi connectivity index (χ4v) is 2.87. The van der Waals surface area contributed by atoms with Gasteiger partial charge in [0.15, 0.2) is 11.6 Å². The Morgan fingerprint density at radius 1 is 1.00 bits per heavy atom. The van der Waals surface area contributed by atoms with E-state index in [0.717, 1.165) is 0 Å². The van der Waals surface area contributed by atoms with Crippen LogP contribution >= 0.6 is 0 Å². The summed E-state index contributed by atoms with van der Waals surface area (Å²) in [7, 11) is 0. The maximum atomic E-state index is 14.8. The van der Waals surface area contributed by atoms with E-state index < -0.39 is 5.82 Å². The van der Waals surface area contributed by atoms with Crippen LogP contribution in [0.5, 0.6) is 11.8 Å². The minimum atomic E-state index is -0.606. The third kappa shape index (κ3) is 3.77. The molecule has 0 aliphatic rings. The summed E-state index contributed by atoms with van der Waals surface area (Å²) in [5.41, 5.74) is 9.43. The molecule has 0 aliphatic carbocycles. The van der Waals surface area contributed by atoms with Crippen LogP contribution in [0.2, 0.25) is 0 Å². The highest BCUT2D eigenvalue weighted by Gasteiger charge is 2.17. The lowest BCUT2D eigenvalue weighted by Gasteiger charge is -2.12. The molecule has 0 atom stereocenters. The zero-order chi connectivity index (χ0) is 21.1. The Bertz CT molecular complexity index is 1280. The van der Waals surface area contributed by atoms with Crippen molar-refractivity contribution in [2.45, 2.75) is 6.92 Å². The van der Waals surface area contributed by atoms with Crippen molar-refractivity contribution < 1.29 is 9.13 Å². The molecule has 0 bridgehead atoms. The molecule has 0 radical (unpaired) electrons. The number of nitrogens with two attached hydrogens (primary N) is 1. The van der Waals surface area contributed by atoms with Gasteiger partial charge in [-0.1, -0.05) is 12.0 Å². The molecule has 0 fully saturated rings. The number of halogens is 1. The summed E-state index contributed by atoms with van der Waals surface area (Å²) in [5, 5.41) is 0. The average molecular weight is 398 g/mol. The highest BCUT2D eigenvalue weighted by Crippen LogP contribution is 2.36. The first kappa shape index (κ1) is 19.0. The molecule has 0 aliphatic heterocycles. The molecule has 1 aromatic carbocycles. The largest absolute Gasteiger partial charge is 0.421 e. The van der Waals surface area contributed by atoms with Crippen LogP contribution < -0.4 is 10.5 Å². The lowest BCUT2D eigenvalue weighted by Crippen LogP contribution is -2.00. The van der Waals surface area contributed by atoms with Gasteiger partial charge in [0, 0.05) is 23.7 Å². The molecule has 0 saturated heterocycles. The molecule has 0 spiro atoms. The number of nitrogen functional groups attached to an aromatic ring is 1. The van der Waals surface area contributed by atoms with E-state index in [4.69, 9.17) is 16.9 Å². The topological polar surface area (TPSA) is 99.7 Å². The predicted molar refractivity (Wildman–Crippen MR) is 110 cm³/mol. The van der Waals surface area contributed by atoms with Gasteiger partial charge in [-0.2, -0.15) is 0 Å². The maximum absolute atomic E-state index is 14.8. The lowest BCUT2D eigenvalue weighted by atomic mass is 9.99. The summed E-state index contributed by atoms with van der Waals surface area (Å²) in [4.78, 5) is 20.6. The van der Waals surface area contributed by atoms with E-state index >= 15 is 0 Å². The van der Waals surface area contributed by atoms with Gasteiger partial charge in [0.2, 0.25) is 0 Å². The minimum Gasteiger partial charge on any atom is -0.421 e. The Balaban J connectivity index is 1.76. The molecule has 3 aromatic heterocycles. The number of nitrogens with zero attached hydrogens (tertiary/aromatic N) is 5. The van der Waals surface area contributed by atoms with E-state index in [1.165, 1.54) is 24.7 Å². The van der Waals surface area contributed by atoms with Gasteiger partial charge in [-0.3, -0.25) is 0 Å². The van der Waals surface area contributed by atoms with Gasteiger partial charge in [0.25, 0.3) is 0 Å². The fraction of sp³-hybridized carbons (Fsp3) is 0.0455. The number of pyridine rings is 1. The number of ether oxygens (including phenoxy) is 1. The van der Waals surface area contributed by atoms with Gasteiger partial charge >= 0.3 is 6.01 Å². The Labute approximate surface area is 171 Å². The van der Waals surface area contributed by atoms with E-state index in [1.807, 2.05) is 0 Å². The van der Waals surface area contributed by atoms with E-state index in [1.54, 1.807) is 37.4 Å². The molecule has 7 nitrogen and oxygen atoms in total. The van der Waals surface area contributed by atoms with E-state index in [-0.39, 0.29) is 17.6 Å². The zero-order valence-electron chi connectivity index (χ0n) is 15.9. The third-order valence-corrected chi connectivity index (χ3v) is 4.25. The van der Waals surface area contributed by atoms with Gasteiger partial charge < -0.3 is 10.5 Å². The minimum absolute atomic E-state index is 0.0140. The first-order valence-electron chi connectivity index (χ1n) is 8.86. The second-order valence-corrected chi connectivity index (χ2v) is 6.28. The van der Waals surface area contributed by atoms with Gasteiger partial charge in [0.1, 0.15) is 17.8 Å². The van der Waals surface area contributed by atoms with E-state index in [2.05, 4.69) is 30.8 Å². The summed E-state index contributed by atoms with van der Waals surface area (Å²) in [6.45, 7) is 1.79. The summed E-state index contributed by atoms with van der Waals surface area (Å²) >= 11 is 0. The highest BCUT2D eigenvalue weighted by molar-refractivity contribution is 5.87. The predicted octanol–water partition coefficient (Wildman–Crippen LogP) is 3.80. The van der Waals surface area contributed by atoms with Crippen LogP contribution in [0.15, 0.2) is 55.1 Å². The molecule has 3 heterocycles. The quantitative estimate of drug-likeness (QED) is 0.522. The fourth-order valence-electron chi connectivity index (χ4n) is 2.87. The number of terminal acetylenes is 1. The molecule has 8 heteroatoms. The summed E-state index contributed by atoms with van der Waals surface area (Å²) in [6, 6.07) is 9.66. The van der Waals surface area contributed by atoms with Crippen LogP contribution in [0.3, 0.4) is 0 Å². The van der Waals surface area contributed by atoms with Crippen molar-refractivity contribution in [3.63, 3.8) is 0 Å². The van der Waals surface area contributed by atoms with Crippen molar-refractivity contribution in [3.05, 3.63) is 72.3 Å².